The van der Waals surface area contributed by atoms with Gasteiger partial charge < -0.3 is 19.4 Å². The van der Waals surface area contributed by atoms with E-state index in [-0.39, 0.29) is 35.3 Å². The van der Waals surface area contributed by atoms with Gasteiger partial charge in [-0.15, -0.1) is 0 Å². The van der Waals surface area contributed by atoms with Crippen molar-refractivity contribution in [2.75, 3.05) is 7.11 Å². The first kappa shape index (κ1) is 26.8. The summed E-state index contributed by atoms with van der Waals surface area (Å²) in [6.07, 6.45) is 6.56. The Hall–Kier alpha value is -3.39. The normalized spacial score (nSPS) is 19.4. The highest BCUT2D eigenvalue weighted by atomic mass is 19.1. The van der Waals surface area contributed by atoms with Crippen LogP contribution in [0.4, 0.5) is 4.39 Å². The Morgan fingerprint density at radius 2 is 2.05 bits per heavy atom. The number of nitrogens with one attached hydrogen (secondary N) is 1. The van der Waals surface area contributed by atoms with Gasteiger partial charge in [0.25, 0.3) is 5.56 Å². The lowest BCUT2D eigenvalue weighted by molar-refractivity contribution is -0.130. The number of rotatable bonds is 7. The minimum atomic E-state index is -0.447. The molecule has 1 amide bonds. The van der Waals surface area contributed by atoms with Crippen LogP contribution in [-0.2, 0) is 33.9 Å². The van der Waals surface area contributed by atoms with E-state index in [1.807, 2.05) is 19.9 Å². The van der Waals surface area contributed by atoms with Crippen LogP contribution in [0.15, 0.2) is 16.9 Å². The molecule has 8 heteroatoms. The van der Waals surface area contributed by atoms with Gasteiger partial charge in [0.15, 0.2) is 0 Å². The number of aryl methyl sites for hydroxylation is 1. The van der Waals surface area contributed by atoms with E-state index in [0.29, 0.717) is 59.4 Å². The van der Waals surface area contributed by atoms with E-state index in [4.69, 9.17) is 9.72 Å². The smallest absolute Gasteiger partial charge is 0.257 e. The second-order valence-corrected chi connectivity index (χ2v) is 12.0. The molecule has 2 unspecified atom stereocenters. The summed E-state index contributed by atoms with van der Waals surface area (Å²) in [7, 11) is 1.53. The zero-order valence-electron chi connectivity index (χ0n) is 23.7. The number of aromatic nitrogens is 2. The third kappa shape index (κ3) is 3.94. The lowest BCUT2D eigenvalue weighted by Gasteiger charge is -2.32. The second kappa shape index (κ2) is 9.91. The number of fused-ring (bicyclic) bond motifs is 4. The van der Waals surface area contributed by atoms with Gasteiger partial charge in [-0.1, -0.05) is 26.7 Å². The van der Waals surface area contributed by atoms with E-state index in [1.165, 1.54) is 13.2 Å². The number of halogens is 1. The first-order valence-corrected chi connectivity index (χ1v) is 14.4. The maximum atomic E-state index is 15.1. The van der Waals surface area contributed by atoms with Crippen molar-refractivity contribution in [2.24, 2.45) is 5.41 Å². The minimum absolute atomic E-state index is 0.0603. The zero-order chi connectivity index (χ0) is 28.3. The van der Waals surface area contributed by atoms with Crippen LogP contribution in [0, 0.1) is 18.2 Å². The predicted molar refractivity (Wildman–Crippen MR) is 151 cm³/mol. The average Bonchev–Trinajstić information content (AvgIpc) is 3.55. The van der Waals surface area contributed by atoms with Crippen molar-refractivity contribution in [3.05, 3.63) is 61.7 Å². The molecule has 0 bridgehead atoms. The van der Waals surface area contributed by atoms with Gasteiger partial charge in [0.2, 0.25) is 5.91 Å². The summed E-state index contributed by atoms with van der Waals surface area (Å²) in [6, 6.07) is 3.10. The van der Waals surface area contributed by atoms with Crippen molar-refractivity contribution < 1.29 is 18.7 Å². The molecule has 3 aliphatic rings. The van der Waals surface area contributed by atoms with Gasteiger partial charge >= 0.3 is 0 Å². The summed E-state index contributed by atoms with van der Waals surface area (Å²) in [5.41, 5.74) is 5.66. The van der Waals surface area contributed by atoms with Crippen LogP contribution in [0.5, 0.6) is 0 Å². The Morgan fingerprint density at radius 1 is 1.30 bits per heavy atom. The Labute approximate surface area is 233 Å². The number of carbonyl (C=O) groups is 2. The van der Waals surface area contributed by atoms with Gasteiger partial charge in [0.1, 0.15) is 12.1 Å². The summed E-state index contributed by atoms with van der Waals surface area (Å²) < 4.78 is 22.2. The molecule has 0 spiro atoms. The molecule has 7 nitrogen and oxygen atoms in total. The Kier molecular flexibility index (Phi) is 6.64. The Morgan fingerprint density at radius 3 is 2.73 bits per heavy atom. The third-order valence-electron chi connectivity index (χ3n) is 9.62. The number of methoxy groups -OCH3 is 1. The molecule has 2 atom stereocenters. The van der Waals surface area contributed by atoms with Crippen molar-refractivity contribution in [3.8, 4) is 11.4 Å². The Bertz CT molecular complexity index is 1620. The van der Waals surface area contributed by atoms with E-state index < -0.39 is 5.92 Å². The van der Waals surface area contributed by atoms with Crippen molar-refractivity contribution in [1.29, 1.82) is 0 Å². The van der Waals surface area contributed by atoms with Crippen LogP contribution in [0.25, 0.3) is 22.3 Å². The van der Waals surface area contributed by atoms with Gasteiger partial charge in [-0.2, -0.15) is 0 Å². The minimum Gasteiger partial charge on any atom is -0.380 e. The number of benzene rings is 1. The fourth-order valence-electron chi connectivity index (χ4n) is 7.23. The number of hydrogen-bond donors (Lipinski definition) is 1. The molecule has 0 saturated heterocycles. The molecule has 1 fully saturated rings. The lowest BCUT2D eigenvalue weighted by atomic mass is 9.80. The zero-order valence-corrected chi connectivity index (χ0v) is 23.7. The summed E-state index contributed by atoms with van der Waals surface area (Å²) in [6.45, 7) is 6.16. The number of ether oxygens (including phenoxy) is 1. The molecular formula is C32H36FN3O4. The summed E-state index contributed by atoms with van der Waals surface area (Å²) in [4.78, 5) is 44.3. The first-order valence-electron chi connectivity index (χ1n) is 14.4. The van der Waals surface area contributed by atoms with Crippen LogP contribution in [0.2, 0.25) is 0 Å². The number of pyridine rings is 2. The molecule has 1 aromatic carbocycles. The quantitative estimate of drug-likeness (QED) is 0.314. The maximum absolute atomic E-state index is 15.1. The van der Waals surface area contributed by atoms with Crippen molar-refractivity contribution in [3.63, 3.8) is 0 Å². The molecule has 2 aliphatic carbocycles. The molecule has 210 valence electrons. The van der Waals surface area contributed by atoms with Crippen LogP contribution in [-0.4, -0.2) is 28.9 Å². The Balaban J connectivity index is 1.58. The molecule has 1 N–H and O–H groups in total. The number of carbonyl (C=O) groups excluding carboxylic acids is 2. The van der Waals surface area contributed by atoms with E-state index in [1.54, 1.807) is 11.5 Å². The fourth-order valence-corrected chi connectivity index (χ4v) is 7.23. The summed E-state index contributed by atoms with van der Waals surface area (Å²) in [5.74, 6) is -0.692. The highest BCUT2D eigenvalue weighted by Gasteiger charge is 2.40. The summed E-state index contributed by atoms with van der Waals surface area (Å²) in [5, 5.41) is 4.26. The molecule has 3 heterocycles. The molecule has 40 heavy (non-hydrogen) atoms. The van der Waals surface area contributed by atoms with Crippen molar-refractivity contribution in [1.82, 2.24) is 14.9 Å². The lowest BCUT2D eigenvalue weighted by Crippen LogP contribution is -2.40. The monoisotopic (exact) mass is 545 g/mol. The maximum Gasteiger partial charge on any atom is 0.257 e. The molecule has 1 aliphatic heterocycles. The highest BCUT2D eigenvalue weighted by molar-refractivity contribution is 5.94. The molecular weight excluding hydrogens is 509 g/mol. The van der Waals surface area contributed by atoms with Crippen LogP contribution in [0.3, 0.4) is 0 Å². The van der Waals surface area contributed by atoms with Crippen LogP contribution >= 0.6 is 0 Å². The van der Waals surface area contributed by atoms with Gasteiger partial charge in [0.05, 0.1) is 36.1 Å². The largest absolute Gasteiger partial charge is 0.380 e. The van der Waals surface area contributed by atoms with Gasteiger partial charge in [-0.05, 0) is 67.3 Å². The standard InChI is InChI=1S/C32H36FN3O4/c1-5-18(15-37)20-12-26-29-21(14-36(26)30(38)22(20)16-40-4)28-24(35-31(39)32(3)10-6-7-11-32)9-8-19-17(2)23(33)13-25(34-29)27(19)28/h12-13,15,18,24H,5-11,14,16H2,1-4H3,(H,35,39). The molecule has 1 saturated carbocycles. The van der Waals surface area contributed by atoms with E-state index in [9.17, 15) is 14.4 Å². The number of hydrogen-bond acceptors (Lipinski definition) is 5. The van der Waals surface area contributed by atoms with E-state index in [2.05, 4.69) is 5.32 Å². The summed E-state index contributed by atoms with van der Waals surface area (Å²) >= 11 is 0. The van der Waals surface area contributed by atoms with Gasteiger partial charge in [-0.3, -0.25) is 9.59 Å². The van der Waals surface area contributed by atoms with E-state index in [0.717, 1.165) is 54.0 Å². The topological polar surface area (TPSA) is 90.3 Å². The number of amides is 1. The van der Waals surface area contributed by atoms with Crippen LogP contribution in [0.1, 0.15) is 97.7 Å². The second-order valence-electron chi connectivity index (χ2n) is 12.0. The number of aldehydes is 1. The SMILES string of the molecule is CCC(C=O)c1cc2n(c(=O)c1COC)Cc1c-2nc2cc(F)c(C)c3c2c1C(NC(=O)C1(C)CCCC1)CC3. The average molecular weight is 546 g/mol. The molecule has 0 radical (unpaired) electrons. The number of nitrogens with zero attached hydrogens (tertiary/aromatic N) is 2. The van der Waals surface area contributed by atoms with E-state index >= 15 is 4.39 Å². The highest BCUT2D eigenvalue weighted by Crippen LogP contribution is 2.46. The van der Waals surface area contributed by atoms with Crippen molar-refractivity contribution in [2.45, 2.75) is 90.8 Å². The molecule has 2 aromatic heterocycles. The van der Waals surface area contributed by atoms with Gasteiger partial charge in [-0.25, -0.2) is 9.37 Å². The first-order chi connectivity index (χ1) is 19.2. The fraction of sp³-hybridized carbons (Fsp3) is 0.500. The molecule has 3 aromatic rings. The molecule has 6 rings (SSSR count). The predicted octanol–water partition coefficient (Wildman–Crippen LogP) is 5.40. The third-order valence-corrected chi connectivity index (χ3v) is 9.62. The van der Waals surface area contributed by atoms with Crippen LogP contribution < -0.4 is 10.9 Å². The van der Waals surface area contributed by atoms with Gasteiger partial charge in [0, 0.05) is 41.0 Å². The van der Waals surface area contributed by atoms with Crippen molar-refractivity contribution >= 4 is 23.1 Å².